The summed E-state index contributed by atoms with van der Waals surface area (Å²) in [6.07, 6.45) is -1.62. The Kier molecular flexibility index (Phi) is 4.87. The Morgan fingerprint density at radius 1 is 1.30 bits per heavy atom. The topological polar surface area (TPSA) is 49.7 Å². The van der Waals surface area contributed by atoms with Crippen molar-refractivity contribution in [1.29, 1.82) is 0 Å². The molecule has 124 valence electrons. The molecule has 0 amide bonds. The van der Waals surface area contributed by atoms with Gasteiger partial charge in [-0.3, -0.25) is 9.79 Å². The van der Waals surface area contributed by atoms with E-state index in [4.69, 9.17) is 5.11 Å². The Morgan fingerprint density at radius 2 is 2.00 bits per heavy atom. The van der Waals surface area contributed by atoms with E-state index in [0.29, 0.717) is 36.6 Å². The standard InChI is InChI=1S/C16H15F4NO2/c1-9-11(5-3-2-4-6-14(22)23)15-12(16(18,19)20)7-10(17)8-13(15)21-9/h5,7-8H,2-4,6H2,1H3,(H,22,23)/b11-5-. The molecular formula is C16H15F4NO2. The molecule has 1 heterocycles. The number of carbonyl (C=O) groups is 1. The van der Waals surface area contributed by atoms with Crippen molar-refractivity contribution in [2.45, 2.75) is 38.8 Å². The van der Waals surface area contributed by atoms with E-state index in [2.05, 4.69) is 4.99 Å². The second kappa shape index (κ2) is 6.52. The maximum atomic E-state index is 13.4. The molecule has 1 aliphatic heterocycles. The summed E-state index contributed by atoms with van der Waals surface area (Å²) < 4.78 is 52.8. The summed E-state index contributed by atoms with van der Waals surface area (Å²) in [5, 5.41) is 8.55. The lowest BCUT2D eigenvalue weighted by atomic mass is 9.95. The van der Waals surface area contributed by atoms with Gasteiger partial charge in [-0.25, -0.2) is 4.39 Å². The molecule has 3 nitrogen and oxygen atoms in total. The van der Waals surface area contributed by atoms with Gasteiger partial charge in [0.25, 0.3) is 0 Å². The van der Waals surface area contributed by atoms with Crippen molar-refractivity contribution in [3.8, 4) is 0 Å². The number of hydrogen-bond acceptors (Lipinski definition) is 2. The number of alkyl halides is 3. The number of nitrogens with zero attached hydrogens (tertiary/aromatic N) is 1. The molecule has 0 atom stereocenters. The van der Waals surface area contributed by atoms with Crippen molar-refractivity contribution >= 4 is 22.9 Å². The first-order chi connectivity index (χ1) is 10.7. The number of allylic oxidation sites excluding steroid dienone is 2. The lowest BCUT2D eigenvalue weighted by Gasteiger charge is -2.13. The Balaban J connectivity index is 2.29. The molecule has 1 aromatic carbocycles. The van der Waals surface area contributed by atoms with Gasteiger partial charge in [-0.05, 0) is 32.3 Å². The fraction of sp³-hybridized carbons (Fsp3) is 0.375. The summed E-state index contributed by atoms with van der Waals surface area (Å²) in [4.78, 5) is 14.4. The van der Waals surface area contributed by atoms with Crippen molar-refractivity contribution in [2.75, 3.05) is 0 Å². The van der Waals surface area contributed by atoms with Crippen LogP contribution in [0.4, 0.5) is 23.2 Å². The van der Waals surface area contributed by atoms with Crippen LogP contribution in [0.15, 0.2) is 23.2 Å². The van der Waals surface area contributed by atoms with Gasteiger partial charge in [0.1, 0.15) is 5.82 Å². The van der Waals surface area contributed by atoms with Crippen LogP contribution in [-0.4, -0.2) is 16.8 Å². The number of aliphatic carboxylic acids is 1. The van der Waals surface area contributed by atoms with Crippen molar-refractivity contribution < 1.29 is 27.5 Å². The smallest absolute Gasteiger partial charge is 0.417 e. The largest absolute Gasteiger partial charge is 0.481 e. The van der Waals surface area contributed by atoms with Crippen molar-refractivity contribution in [2.24, 2.45) is 4.99 Å². The summed E-state index contributed by atoms with van der Waals surface area (Å²) in [7, 11) is 0. The lowest BCUT2D eigenvalue weighted by Crippen LogP contribution is -2.09. The number of unbranched alkanes of at least 4 members (excludes halogenated alkanes) is 2. The lowest BCUT2D eigenvalue weighted by molar-refractivity contribution is -0.138. The molecule has 0 spiro atoms. The molecule has 0 bridgehead atoms. The van der Waals surface area contributed by atoms with Crippen molar-refractivity contribution in [1.82, 2.24) is 0 Å². The number of rotatable bonds is 5. The number of carboxylic acid groups (broad SMARTS) is 1. The molecule has 0 aliphatic carbocycles. The van der Waals surface area contributed by atoms with Crippen LogP contribution in [0, 0.1) is 5.82 Å². The predicted octanol–water partition coefficient (Wildman–Crippen LogP) is 4.98. The number of aliphatic imine (C=N–C) groups is 1. The zero-order valence-corrected chi connectivity index (χ0v) is 12.4. The van der Waals surface area contributed by atoms with Gasteiger partial charge in [0, 0.05) is 29.3 Å². The molecule has 0 aromatic heterocycles. The molecule has 1 N–H and O–H groups in total. The maximum absolute atomic E-state index is 13.4. The summed E-state index contributed by atoms with van der Waals surface area (Å²) in [6.45, 7) is 1.57. The fourth-order valence-electron chi connectivity index (χ4n) is 2.53. The Morgan fingerprint density at radius 3 is 2.61 bits per heavy atom. The molecule has 0 unspecified atom stereocenters. The highest BCUT2D eigenvalue weighted by molar-refractivity contribution is 6.28. The zero-order chi connectivity index (χ0) is 17.2. The van der Waals surface area contributed by atoms with Gasteiger partial charge in [0.2, 0.25) is 0 Å². The first-order valence-electron chi connectivity index (χ1n) is 7.09. The van der Waals surface area contributed by atoms with Crippen LogP contribution in [0.25, 0.3) is 5.57 Å². The van der Waals surface area contributed by atoms with Crippen LogP contribution < -0.4 is 0 Å². The quantitative estimate of drug-likeness (QED) is 0.612. The third kappa shape index (κ3) is 3.97. The van der Waals surface area contributed by atoms with Crippen LogP contribution in [0.3, 0.4) is 0 Å². The van der Waals surface area contributed by atoms with E-state index in [-0.39, 0.29) is 17.7 Å². The summed E-state index contributed by atoms with van der Waals surface area (Å²) in [5.41, 5.74) is -0.428. The average Bonchev–Trinajstić information content (AvgIpc) is 2.71. The van der Waals surface area contributed by atoms with E-state index in [0.717, 1.165) is 6.07 Å². The molecule has 0 saturated heterocycles. The van der Waals surface area contributed by atoms with Gasteiger partial charge >= 0.3 is 12.1 Å². The maximum Gasteiger partial charge on any atom is 0.417 e. The van der Waals surface area contributed by atoms with E-state index in [9.17, 15) is 22.4 Å². The Hall–Kier alpha value is -2.18. The molecule has 0 fully saturated rings. The second-order valence-corrected chi connectivity index (χ2v) is 5.30. The van der Waals surface area contributed by atoms with E-state index < -0.39 is 23.5 Å². The minimum atomic E-state index is -4.67. The highest BCUT2D eigenvalue weighted by Gasteiger charge is 2.38. The van der Waals surface area contributed by atoms with Gasteiger partial charge in [0.15, 0.2) is 0 Å². The third-order valence-corrected chi connectivity index (χ3v) is 3.53. The zero-order valence-electron chi connectivity index (χ0n) is 12.4. The van der Waals surface area contributed by atoms with E-state index >= 15 is 0 Å². The molecule has 23 heavy (non-hydrogen) atoms. The van der Waals surface area contributed by atoms with Crippen LogP contribution in [-0.2, 0) is 11.0 Å². The van der Waals surface area contributed by atoms with Gasteiger partial charge in [-0.2, -0.15) is 13.2 Å². The molecule has 2 rings (SSSR count). The number of halogens is 4. The molecule has 0 radical (unpaired) electrons. The molecule has 1 aliphatic rings. The summed E-state index contributed by atoms with van der Waals surface area (Å²) in [5.74, 6) is -1.88. The van der Waals surface area contributed by atoms with Crippen molar-refractivity contribution in [3.05, 3.63) is 35.2 Å². The minimum absolute atomic E-state index is 0.0197. The summed E-state index contributed by atoms with van der Waals surface area (Å²) >= 11 is 0. The number of carboxylic acids is 1. The average molecular weight is 329 g/mol. The van der Waals surface area contributed by atoms with Crippen LogP contribution >= 0.6 is 0 Å². The normalized spacial score (nSPS) is 15.7. The van der Waals surface area contributed by atoms with Crippen LogP contribution in [0.1, 0.15) is 43.7 Å². The van der Waals surface area contributed by atoms with Crippen molar-refractivity contribution in [3.63, 3.8) is 0 Å². The van der Waals surface area contributed by atoms with Crippen LogP contribution in [0.2, 0.25) is 0 Å². The SMILES string of the molecule is CC1=Nc2cc(F)cc(C(F)(F)F)c2/C1=C\CCCCC(=O)O. The van der Waals surface area contributed by atoms with E-state index in [1.54, 1.807) is 13.0 Å². The van der Waals surface area contributed by atoms with Gasteiger partial charge < -0.3 is 5.11 Å². The second-order valence-electron chi connectivity index (χ2n) is 5.30. The van der Waals surface area contributed by atoms with Gasteiger partial charge in [-0.1, -0.05) is 6.08 Å². The first-order valence-corrected chi connectivity index (χ1v) is 7.09. The minimum Gasteiger partial charge on any atom is -0.481 e. The van der Waals surface area contributed by atoms with E-state index in [1.165, 1.54) is 0 Å². The fourth-order valence-corrected chi connectivity index (χ4v) is 2.53. The molecule has 1 aromatic rings. The summed E-state index contributed by atoms with van der Waals surface area (Å²) in [6, 6.07) is 1.46. The first kappa shape index (κ1) is 17.2. The third-order valence-electron chi connectivity index (χ3n) is 3.53. The molecule has 0 saturated carbocycles. The number of hydrogen-bond donors (Lipinski definition) is 1. The van der Waals surface area contributed by atoms with Crippen LogP contribution in [0.5, 0.6) is 0 Å². The monoisotopic (exact) mass is 329 g/mol. The predicted molar refractivity (Wildman–Crippen MR) is 78.3 cm³/mol. The van der Waals surface area contributed by atoms with E-state index in [1.807, 2.05) is 0 Å². The highest BCUT2D eigenvalue weighted by atomic mass is 19.4. The van der Waals surface area contributed by atoms with Gasteiger partial charge in [-0.15, -0.1) is 0 Å². The number of fused-ring (bicyclic) bond motifs is 1. The molecular weight excluding hydrogens is 314 g/mol. The van der Waals surface area contributed by atoms with Gasteiger partial charge in [0.05, 0.1) is 11.3 Å². The Labute approximate surface area is 130 Å². The highest BCUT2D eigenvalue weighted by Crippen LogP contribution is 2.44. The molecule has 7 heteroatoms. The Bertz CT molecular complexity index is 690. The number of benzene rings is 1.